The third kappa shape index (κ3) is 6.35. The summed E-state index contributed by atoms with van der Waals surface area (Å²) >= 11 is 2.45. The van der Waals surface area contributed by atoms with Crippen molar-refractivity contribution in [3.05, 3.63) is 33.0 Å². The van der Waals surface area contributed by atoms with Gasteiger partial charge in [-0.15, -0.1) is 11.3 Å². The first-order valence-electron chi connectivity index (χ1n) is 12.2. The minimum atomic E-state index is -0.376. The molecule has 2 saturated carbocycles. The second kappa shape index (κ2) is 11.8. The van der Waals surface area contributed by atoms with E-state index in [1.54, 1.807) is 0 Å². The van der Waals surface area contributed by atoms with Crippen LogP contribution in [0.5, 0.6) is 0 Å². The molecule has 2 heterocycles. The quantitative estimate of drug-likeness (QED) is 0.504. The van der Waals surface area contributed by atoms with Crippen molar-refractivity contribution in [2.75, 3.05) is 12.3 Å². The van der Waals surface area contributed by atoms with Gasteiger partial charge in [-0.1, -0.05) is 44.6 Å². The van der Waals surface area contributed by atoms with Gasteiger partial charge >= 0.3 is 0 Å². The van der Waals surface area contributed by atoms with Crippen LogP contribution in [0.3, 0.4) is 0 Å². The van der Waals surface area contributed by atoms with Gasteiger partial charge in [0.05, 0.1) is 12.2 Å². The van der Waals surface area contributed by atoms with Gasteiger partial charge in [-0.05, 0) is 48.7 Å². The van der Waals surface area contributed by atoms with Gasteiger partial charge in [-0.25, -0.2) is 0 Å². The Hall–Kier alpha value is -2.46. The highest BCUT2D eigenvalue weighted by atomic mass is 32.1. The Balaban J connectivity index is 1.45. The lowest BCUT2D eigenvalue weighted by Gasteiger charge is -2.26. The molecule has 34 heavy (non-hydrogen) atoms. The number of carbonyl (C=O) groups is 3. The molecule has 2 aliphatic carbocycles. The van der Waals surface area contributed by atoms with Gasteiger partial charge in [0.2, 0.25) is 5.91 Å². The number of hydrogen-bond acceptors (Lipinski definition) is 7. The highest BCUT2D eigenvalue weighted by molar-refractivity contribution is 7.10. The molecule has 2 aromatic heterocycles. The number of amides is 3. The van der Waals surface area contributed by atoms with Crippen LogP contribution >= 0.6 is 22.9 Å². The molecule has 2 aliphatic rings. The van der Waals surface area contributed by atoms with E-state index in [4.69, 9.17) is 5.73 Å². The Morgan fingerprint density at radius 2 is 1.65 bits per heavy atom. The lowest BCUT2D eigenvalue weighted by atomic mass is 9.95. The summed E-state index contributed by atoms with van der Waals surface area (Å²) in [6, 6.07) is 4.14. The lowest BCUT2D eigenvalue weighted by Crippen LogP contribution is -2.44. The highest BCUT2D eigenvalue weighted by Crippen LogP contribution is 2.26. The molecular formula is C24H33N5O3S2. The number of nitrogens with two attached hydrogens (primary N) is 1. The van der Waals surface area contributed by atoms with Crippen LogP contribution in [0.4, 0.5) is 5.69 Å². The van der Waals surface area contributed by atoms with Gasteiger partial charge in [-0.2, -0.15) is 4.37 Å². The first-order chi connectivity index (χ1) is 16.5. The fourth-order valence-corrected chi connectivity index (χ4v) is 6.23. The van der Waals surface area contributed by atoms with Crippen LogP contribution in [0.15, 0.2) is 17.5 Å². The smallest absolute Gasteiger partial charge is 0.273 e. The van der Waals surface area contributed by atoms with Crippen molar-refractivity contribution in [3.63, 3.8) is 0 Å². The SMILES string of the molecule is Nc1c(C(=O)NC2CCCCC2)nsc1C(=O)N(CC(=O)NC1CCCCC1)Cc1cccs1. The number of nitrogen functional groups attached to an aromatic ring is 1. The molecule has 0 unspecified atom stereocenters. The van der Waals surface area contributed by atoms with Crippen molar-refractivity contribution in [3.8, 4) is 0 Å². The highest BCUT2D eigenvalue weighted by Gasteiger charge is 2.29. The Kier molecular flexibility index (Phi) is 8.55. The zero-order valence-electron chi connectivity index (χ0n) is 19.4. The number of nitrogens with zero attached hydrogens (tertiary/aromatic N) is 2. The van der Waals surface area contributed by atoms with Crippen LogP contribution in [0.1, 0.15) is 89.2 Å². The standard InChI is InChI=1S/C24H33N5O3S2/c25-20-21(23(31)27-17-10-5-2-6-11-17)28-34-22(20)24(32)29(14-18-12-7-13-33-18)15-19(30)26-16-8-3-1-4-9-16/h7,12-13,16-17H,1-6,8-11,14-15,25H2,(H,26,30)(H,27,31). The molecule has 0 bridgehead atoms. The van der Waals surface area contributed by atoms with Crippen LogP contribution in [0.2, 0.25) is 0 Å². The monoisotopic (exact) mass is 503 g/mol. The molecule has 2 aromatic rings. The van der Waals surface area contributed by atoms with Gasteiger partial charge in [0, 0.05) is 17.0 Å². The third-order valence-corrected chi connectivity index (χ3v) is 8.31. The van der Waals surface area contributed by atoms with Gasteiger partial charge in [-0.3, -0.25) is 14.4 Å². The van der Waals surface area contributed by atoms with Crippen molar-refractivity contribution >= 4 is 46.3 Å². The Labute approximate surface area is 208 Å². The molecular weight excluding hydrogens is 470 g/mol. The largest absolute Gasteiger partial charge is 0.395 e. The van der Waals surface area contributed by atoms with Crippen molar-refractivity contribution in [1.29, 1.82) is 0 Å². The number of rotatable bonds is 8. The molecule has 4 N–H and O–H groups in total. The van der Waals surface area contributed by atoms with Gasteiger partial charge < -0.3 is 21.3 Å². The molecule has 2 fully saturated rings. The number of nitrogens with one attached hydrogen (secondary N) is 2. The molecule has 0 atom stereocenters. The van der Waals surface area contributed by atoms with Crippen LogP contribution in [0.25, 0.3) is 0 Å². The van der Waals surface area contributed by atoms with E-state index in [2.05, 4.69) is 15.0 Å². The number of carbonyl (C=O) groups excluding carboxylic acids is 3. The summed E-state index contributed by atoms with van der Waals surface area (Å²) < 4.78 is 4.21. The minimum absolute atomic E-state index is 0.0613. The van der Waals surface area contributed by atoms with E-state index in [-0.39, 0.29) is 52.6 Å². The van der Waals surface area contributed by atoms with Gasteiger partial charge in [0.15, 0.2) is 5.69 Å². The average molecular weight is 504 g/mol. The first-order valence-corrected chi connectivity index (χ1v) is 13.8. The van der Waals surface area contributed by atoms with Crippen LogP contribution < -0.4 is 16.4 Å². The number of aromatic nitrogens is 1. The normalized spacial score (nSPS) is 17.3. The summed E-state index contributed by atoms with van der Waals surface area (Å²) in [5.74, 6) is -0.881. The van der Waals surface area contributed by atoms with E-state index in [1.165, 1.54) is 29.1 Å². The van der Waals surface area contributed by atoms with E-state index in [9.17, 15) is 14.4 Å². The minimum Gasteiger partial charge on any atom is -0.395 e. The van der Waals surface area contributed by atoms with Crippen LogP contribution in [-0.2, 0) is 11.3 Å². The second-order valence-electron chi connectivity index (χ2n) is 9.23. The molecule has 0 spiro atoms. The van der Waals surface area contributed by atoms with E-state index >= 15 is 0 Å². The van der Waals surface area contributed by atoms with E-state index < -0.39 is 0 Å². The zero-order valence-corrected chi connectivity index (χ0v) is 21.0. The molecule has 4 rings (SSSR count). The summed E-state index contributed by atoms with van der Waals surface area (Å²) in [5.41, 5.74) is 6.43. The predicted molar refractivity (Wildman–Crippen MR) is 135 cm³/mol. The fourth-order valence-electron chi connectivity index (χ4n) is 4.74. The Morgan fingerprint density at radius 3 is 2.26 bits per heavy atom. The summed E-state index contributed by atoms with van der Waals surface area (Å²) in [4.78, 5) is 41.7. The number of thiophene rings is 1. The topological polar surface area (TPSA) is 117 Å². The molecule has 184 valence electrons. The Bertz CT molecular complexity index is 979. The van der Waals surface area contributed by atoms with Crippen molar-refractivity contribution in [2.45, 2.75) is 82.8 Å². The first kappa shape index (κ1) is 24.7. The maximum atomic E-state index is 13.5. The van der Waals surface area contributed by atoms with Gasteiger partial charge in [0.25, 0.3) is 11.8 Å². The maximum absolute atomic E-state index is 13.5. The van der Waals surface area contributed by atoms with Crippen LogP contribution in [-0.4, -0.2) is 45.6 Å². The lowest BCUT2D eigenvalue weighted by molar-refractivity contribution is -0.122. The fraction of sp³-hybridized carbons (Fsp3) is 0.583. The summed E-state index contributed by atoms with van der Waals surface area (Å²) in [7, 11) is 0. The van der Waals surface area contributed by atoms with Crippen molar-refractivity contribution in [1.82, 2.24) is 19.9 Å². The molecule has 0 saturated heterocycles. The molecule has 0 radical (unpaired) electrons. The Morgan fingerprint density at radius 1 is 1.00 bits per heavy atom. The number of anilines is 1. The predicted octanol–water partition coefficient (Wildman–Crippen LogP) is 3.94. The summed E-state index contributed by atoms with van der Waals surface area (Å²) in [5, 5.41) is 8.03. The molecule has 0 aromatic carbocycles. The van der Waals surface area contributed by atoms with Crippen molar-refractivity contribution in [2.24, 2.45) is 0 Å². The van der Waals surface area contributed by atoms with E-state index in [1.807, 2.05) is 17.5 Å². The van der Waals surface area contributed by atoms with E-state index in [0.717, 1.165) is 67.8 Å². The van der Waals surface area contributed by atoms with Crippen molar-refractivity contribution < 1.29 is 14.4 Å². The summed E-state index contributed by atoms with van der Waals surface area (Å²) in [6.07, 6.45) is 10.7. The number of hydrogen-bond donors (Lipinski definition) is 3. The molecule has 0 aliphatic heterocycles. The molecule has 10 heteroatoms. The zero-order chi connectivity index (χ0) is 23.9. The third-order valence-electron chi connectivity index (χ3n) is 6.60. The average Bonchev–Trinajstić information content (AvgIpc) is 3.49. The van der Waals surface area contributed by atoms with E-state index in [0.29, 0.717) is 6.54 Å². The maximum Gasteiger partial charge on any atom is 0.273 e. The second-order valence-corrected chi connectivity index (χ2v) is 11.0. The summed E-state index contributed by atoms with van der Waals surface area (Å²) in [6.45, 7) is 0.240. The van der Waals surface area contributed by atoms with Crippen LogP contribution in [0, 0.1) is 0 Å². The van der Waals surface area contributed by atoms with Gasteiger partial charge in [0.1, 0.15) is 11.4 Å². The molecule has 3 amide bonds. The molecule has 8 nitrogen and oxygen atoms in total.